The summed E-state index contributed by atoms with van der Waals surface area (Å²) in [4.78, 5) is 0.458. The van der Waals surface area contributed by atoms with Crippen LogP contribution in [0.5, 0.6) is 0 Å². The minimum Gasteiger partial charge on any atom is -0.310 e. The third-order valence-electron chi connectivity index (χ3n) is 3.82. The molecule has 1 saturated carbocycles. The van der Waals surface area contributed by atoms with Gasteiger partial charge < -0.3 is 5.32 Å². The Morgan fingerprint density at radius 3 is 2.52 bits per heavy atom. The molecular weight excluding hydrogens is 284 g/mol. The summed E-state index contributed by atoms with van der Waals surface area (Å²) in [6.45, 7) is 9.18. The maximum Gasteiger partial charge on any atom is 0.243 e. The lowest BCUT2D eigenvalue weighted by atomic mass is 10.1. The Bertz CT molecular complexity index is 592. The van der Waals surface area contributed by atoms with Crippen molar-refractivity contribution in [2.24, 2.45) is 0 Å². The Morgan fingerprint density at radius 1 is 1.33 bits per heavy atom. The van der Waals surface area contributed by atoms with Crippen molar-refractivity contribution in [3.63, 3.8) is 0 Å². The van der Waals surface area contributed by atoms with Crippen molar-refractivity contribution < 1.29 is 8.42 Å². The number of rotatable bonds is 7. The summed E-state index contributed by atoms with van der Waals surface area (Å²) < 4.78 is 27.4. The molecule has 0 radical (unpaired) electrons. The van der Waals surface area contributed by atoms with Gasteiger partial charge in [-0.1, -0.05) is 32.9 Å². The highest BCUT2D eigenvalue weighted by Crippen LogP contribution is 2.32. The molecule has 1 aromatic carbocycles. The molecule has 118 valence electrons. The Kier molecular flexibility index (Phi) is 5.07. The largest absolute Gasteiger partial charge is 0.310 e. The maximum absolute atomic E-state index is 12.9. The van der Waals surface area contributed by atoms with Crippen LogP contribution in [0.3, 0.4) is 0 Å². The lowest BCUT2D eigenvalue weighted by Gasteiger charge is -2.21. The SMILES string of the molecule is CCN(C1CC1)S(=O)(=O)c1cc(CNC(C)C)ccc1C. The summed E-state index contributed by atoms with van der Waals surface area (Å²) in [6.07, 6.45) is 1.97. The van der Waals surface area contributed by atoms with Gasteiger partial charge in [0.1, 0.15) is 0 Å². The average Bonchev–Trinajstić information content (AvgIpc) is 3.22. The van der Waals surface area contributed by atoms with Crippen LogP contribution < -0.4 is 5.32 Å². The molecule has 0 atom stereocenters. The van der Waals surface area contributed by atoms with E-state index in [2.05, 4.69) is 19.2 Å². The van der Waals surface area contributed by atoms with Crippen LogP contribution in [0.1, 0.15) is 44.7 Å². The fourth-order valence-corrected chi connectivity index (χ4v) is 4.44. The molecule has 2 rings (SSSR count). The molecule has 1 aliphatic rings. The number of nitrogens with one attached hydrogen (secondary N) is 1. The lowest BCUT2D eigenvalue weighted by molar-refractivity contribution is 0.420. The second-order valence-electron chi connectivity index (χ2n) is 6.08. The number of benzene rings is 1. The first-order valence-corrected chi connectivity index (χ1v) is 9.15. The quantitative estimate of drug-likeness (QED) is 0.842. The van der Waals surface area contributed by atoms with Crippen LogP contribution >= 0.6 is 0 Å². The van der Waals surface area contributed by atoms with Gasteiger partial charge in [0.25, 0.3) is 0 Å². The van der Waals surface area contributed by atoms with Gasteiger partial charge in [-0.25, -0.2) is 8.42 Å². The van der Waals surface area contributed by atoms with E-state index in [1.807, 2.05) is 32.0 Å². The van der Waals surface area contributed by atoms with Gasteiger partial charge in [-0.15, -0.1) is 0 Å². The first-order valence-electron chi connectivity index (χ1n) is 7.71. The molecule has 1 aromatic rings. The molecule has 5 heteroatoms. The number of aryl methyl sites for hydroxylation is 1. The van der Waals surface area contributed by atoms with E-state index in [4.69, 9.17) is 0 Å². The van der Waals surface area contributed by atoms with Crippen molar-refractivity contribution in [2.45, 2.75) is 64.1 Å². The van der Waals surface area contributed by atoms with Crippen molar-refractivity contribution in [3.8, 4) is 0 Å². The summed E-state index contributed by atoms with van der Waals surface area (Å²) in [5, 5.41) is 3.33. The first kappa shape index (κ1) is 16.5. The molecule has 0 aliphatic heterocycles. The lowest BCUT2D eigenvalue weighted by Crippen LogP contribution is -2.33. The van der Waals surface area contributed by atoms with Gasteiger partial charge in [0.2, 0.25) is 10.0 Å². The molecule has 0 heterocycles. The molecule has 1 N–H and O–H groups in total. The van der Waals surface area contributed by atoms with Crippen LogP contribution in [0.2, 0.25) is 0 Å². The van der Waals surface area contributed by atoms with Crippen LogP contribution in [-0.2, 0) is 16.6 Å². The number of sulfonamides is 1. The Morgan fingerprint density at radius 2 is 2.00 bits per heavy atom. The summed E-state index contributed by atoms with van der Waals surface area (Å²) in [5.41, 5.74) is 1.84. The van der Waals surface area contributed by atoms with E-state index in [-0.39, 0.29) is 6.04 Å². The van der Waals surface area contributed by atoms with E-state index < -0.39 is 10.0 Å². The van der Waals surface area contributed by atoms with Gasteiger partial charge in [-0.3, -0.25) is 0 Å². The average molecular weight is 310 g/mol. The zero-order chi connectivity index (χ0) is 15.6. The van der Waals surface area contributed by atoms with Crippen molar-refractivity contribution in [1.82, 2.24) is 9.62 Å². The van der Waals surface area contributed by atoms with E-state index in [0.29, 0.717) is 24.0 Å². The van der Waals surface area contributed by atoms with Crippen molar-refractivity contribution in [1.29, 1.82) is 0 Å². The Balaban J connectivity index is 2.30. The summed E-state index contributed by atoms with van der Waals surface area (Å²) in [6, 6.07) is 6.31. The molecule has 1 fully saturated rings. The van der Waals surface area contributed by atoms with E-state index >= 15 is 0 Å². The third-order valence-corrected chi connectivity index (χ3v) is 5.99. The van der Waals surface area contributed by atoms with Crippen LogP contribution in [0.15, 0.2) is 23.1 Å². The second-order valence-corrected chi connectivity index (χ2v) is 7.93. The number of nitrogens with zero attached hydrogens (tertiary/aromatic N) is 1. The van der Waals surface area contributed by atoms with Gasteiger partial charge in [0, 0.05) is 25.2 Å². The van der Waals surface area contributed by atoms with Gasteiger partial charge in [0.05, 0.1) is 4.90 Å². The molecular formula is C16H26N2O2S. The molecule has 0 unspecified atom stereocenters. The molecule has 21 heavy (non-hydrogen) atoms. The normalized spacial score (nSPS) is 15.9. The van der Waals surface area contributed by atoms with Gasteiger partial charge in [-0.05, 0) is 37.0 Å². The molecule has 0 spiro atoms. The van der Waals surface area contributed by atoms with Crippen LogP contribution in [-0.4, -0.2) is 31.4 Å². The highest BCUT2D eigenvalue weighted by molar-refractivity contribution is 7.89. The van der Waals surface area contributed by atoms with Gasteiger partial charge in [0.15, 0.2) is 0 Å². The highest BCUT2D eigenvalue weighted by atomic mass is 32.2. The highest BCUT2D eigenvalue weighted by Gasteiger charge is 2.37. The minimum atomic E-state index is -3.37. The maximum atomic E-state index is 12.9. The van der Waals surface area contributed by atoms with Crippen molar-refractivity contribution in [3.05, 3.63) is 29.3 Å². The van der Waals surface area contributed by atoms with E-state index in [9.17, 15) is 8.42 Å². The predicted octanol–water partition coefficient (Wildman–Crippen LogP) is 2.67. The molecule has 0 aromatic heterocycles. The zero-order valence-electron chi connectivity index (χ0n) is 13.4. The smallest absolute Gasteiger partial charge is 0.243 e. The topological polar surface area (TPSA) is 49.4 Å². The van der Waals surface area contributed by atoms with E-state index in [0.717, 1.165) is 24.0 Å². The fourth-order valence-electron chi connectivity index (χ4n) is 2.47. The Hall–Kier alpha value is -0.910. The van der Waals surface area contributed by atoms with Gasteiger partial charge in [-0.2, -0.15) is 4.31 Å². The monoisotopic (exact) mass is 310 g/mol. The molecule has 0 saturated heterocycles. The second kappa shape index (κ2) is 6.46. The molecule has 0 bridgehead atoms. The third kappa shape index (κ3) is 3.84. The first-order chi connectivity index (χ1) is 9.86. The minimum absolute atomic E-state index is 0.205. The number of hydrogen-bond donors (Lipinski definition) is 1. The predicted molar refractivity (Wildman–Crippen MR) is 85.7 cm³/mol. The molecule has 0 amide bonds. The van der Waals surface area contributed by atoms with Crippen LogP contribution in [0, 0.1) is 6.92 Å². The summed E-state index contributed by atoms with van der Waals surface area (Å²) >= 11 is 0. The van der Waals surface area contributed by atoms with E-state index in [1.165, 1.54) is 0 Å². The molecule has 1 aliphatic carbocycles. The van der Waals surface area contributed by atoms with Crippen molar-refractivity contribution in [2.75, 3.05) is 6.54 Å². The molecule has 4 nitrogen and oxygen atoms in total. The summed E-state index contributed by atoms with van der Waals surface area (Å²) in [7, 11) is -3.37. The Labute approximate surface area is 128 Å². The van der Waals surface area contributed by atoms with Gasteiger partial charge >= 0.3 is 0 Å². The standard InChI is InChI=1S/C16H26N2O2S/c1-5-18(15-8-9-15)21(19,20)16-10-14(7-6-13(16)4)11-17-12(2)3/h6-7,10,12,15,17H,5,8-9,11H2,1-4H3. The van der Waals surface area contributed by atoms with Crippen LogP contribution in [0.25, 0.3) is 0 Å². The summed E-state index contributed by atoms with van der Waals surface area (Å²) in [5.74, 6) is 0. The number of hydrogen-bond acceptors (Lipinski definition) is 3. The fraction of sp³-hybridized carbons (Fsp3) is 0.625. The zero-order valence-corrected chi connectivity index (χ0v) is 14.2. The van der Waals surface area contributed by atoms with Crippen molar-refractivity contribution >= 4 is 10.0 Å². The van der Waals surface area contributed by atoms with E-state index in [1.54, 1.807) is 4.31 Å². The van der Waals surface area contributed by atoms with Crippen LogP contribution in [0.4, 0.5) is 0 Å².